The molecule has 0 radical (unpaired) electrons. The van der Waals surface area contributed by atoms with Gasteiger partial charge in [-0.3, -0.25) is 4.90 Å². The van der Waals surface area contributed by atoms with Gasteiger partial charge in [0.25, 0.3) is 0 Å². The molecule has 2 atom stereocenters. The van der Waals surface area contributed by atoms with E-state index in [0.29, 0.717) is 12.1 Å². The van der Waals surface area contributed by atoms with Gasteiger partial charge in [0.2, 0.25) is 0 Å². The van der Waals surface area contributed by atoms with Crippen molar-refractivity contribution in [1.82, 2.24) is 10.2 Å². The SMILES string of the molecule is CC(c1ccccc1Cl)N(C)CCC1CCCN1. The maximum absolute atomic E-state index is 6.25. The molecule has 3 heteroatoms. The van der Waals surface area contributed by atoms with E-state index in [-0.39, 0.29) is 0 Å². The number of hydrogen-bond donors (Lipinski definition) is 1. The van der Waals surface area contributed by atoms with E-state index in [1.807, 2.05) is 12.1 Å². The van der Waals surface area contributed by atoms with E-state index in [1.54, 1.807) is 0 Å². The summed E-state index contributed by atoms with van der Waals surface area (Å²) in [4.78, 5) is 2.39. The molecule has 2 unspecified atom stereocenters. The van der Waals surface area contributed by atoms with E-state index in [9.17, 15) is 0 Å². The highest BCUT2D eigenvalue weighted by molar-refractivity contribution is 6.31. The van der Waals surface area contributed by atoms with Gasteiger partial charge in [0.05, 0.1) is 0 Å². The van der Waals surface area contributed by atoms with E-state index in [1.165, 1.54) is 31.4 Å². The van der Waals surface area contributed by atoms with Gasteiger partial charge < -0.3 is 5.32 Å². The van der Waals surface area contributed by atoms with Gasteiger partial charge in [-0.1, -0.05) is 29.8 Å². The Morgan fingerprint density at radius 2 is 2.22 bits per heavy atom. The summed E-state index contributed by atoms with van der Waals surface area (Å²) in [6.45, 7) is 4.53. The van der Waals surface area contributed by atoms with Crippen molar-refractivity contribution in [2.45, 2.75) is 38.3 Å². The van der Waals surface area contributed by atoms with Gasteiger partial charge >= 0.3 is 0 Å². The number of hydrogen-bond acceptors (Lipinski definition) is 2. The molecule has 1 aliphatic heterocycles. The van der Waals surface area contributed by atoms with Crippen LogP contribution in [0, 0.1) is 0 Å². The molecule has 0 amide bonds. The minimum absolute atomic E-state index is 0.375. The highest BCUT2D eigenvalue weighted by Gasteiger charge is 2.18. The third-order valence-electron chi connectivity index (χ3n) is 4.01. The van der Waals surface area contributed by atoms with Crippen molar-refractivity contribution < 1.29 is 0 Å². The summed E-state index contributed by atoms with van der Waals surface area (Å²) in [5.74, 6) is 0. The number of benzene rings is 1. The fraction of sp³-hybridized carbons (Fsp3) is 0.600. The quantitative estimate of drug-likeness (QED) is 0.878. The zero-order valence-corrected chi connectivity index (χ0v) is 12.1. The van der Waals surface area contributed by atoms with Crippen LogP contribution in [0.25, 0.3) is 0 Å². The smallest absolute Gasteiger partial charge is 0.0453 e. The zero-order valence-electron chi connectivity index (χ0n) is 11.3. The summed E-state index contributed by atoms with van der Waals surface area (Å²) in [7, 11) is 2.18. The lowest BCUT2D eigenvalue weighted by Crippen LogP contribution is -2.30. The lowest BCUT2D eigenvalue weighted by Gasteiger charge is -2.27. The number of halogens is 1. The van der Waals surface area contributed by atoms with Crippen molar-refractivity contribution in [1.29, 1.82) is 0 Å². The Balaban J connectivity index is 1.88. The fourth-order valence-corrected chi connectivity index (χ4v) is 2.90. The van der Waals surface area contributed by atoms with Crippen molar-refractivity contribution >= 4 is 11.6 Å². The summed E-state index contributed by atoms with van der Waals surface area (Å²) in [6, 6.07) is 9.23. The molecule has 0 spiro atoms. The van der Waals surface area contributed by atoms with Crippen LogP contribution in [0.3, 0.4) is 0 Å². The summed E-state index contributed by atoms with van der Waals surface area (Å²) >= 11 is 6.25. The van der Waals surface area contributed by atoms with Crippen LogP contribution in [-0.2, 0) is 0 Å². The highest BCUT2D eigenvalue weighted by atomic mass is 35.5. The van der Waals surface area contributed by atoms with Gasteiger partial charge in [0.1, 0.15) is 0 Å². The Morgan fingerprint density at radius 3 is 2.89 bits per heavy atom. The van der Waals surface area contributed by atoms with Crippen LogP contribution in [0.1, 0.15) is 37.8 Å². The van der Waals surface area contributed by atoms with E-state index < -0.39 is 0 Å². The van der Waals surface area contributed by atoms with Crippen molar-refractivity contribution in [3.63, 3.8) is 0 Å². The van der Waals surface area contributed by atoms with Crippen molar-refractivity contribution in [2.24, 2.45) is 0 Å². The van der Waals surface area contributed by atoms with Crippen molar-refractivity contribution in [3.05, 3.63) is 34.9 Å². The molecule has 2 nitrogen and oxygen atoms in total. The molecule has 0 aliphatic carbocycles. The van der Waals surface area contributed by atoms with Crippen molar-refractivity contribution in [3.8, 4) is 0 Å². The fourth-order valence-electron chi connectivity index (χ4n) is 2.61. The highest BCUT2D eigenvalue weighted by Crippen LogP contribution is 2.26. The lowest BCUT2D eigenvalue weighted by molar-refractivity contribution is 0.248. The standard InChI is InChI=1S/C15H23ClN2/c1-12(14-7-3-4-8-15(14)16)18(2)11-9-13-6-5-10-17-13/h3-4,7-8,12-13,17H,5-6,9-11H2,1-2H3. The first-order valence-electron chi connectivity index (χ1n) is 6.86. The first-order valence-corrected chi connectivity index (χ1v) is 7.24. The molecule has 18 heavy (non-hydrogen) atoms. The molecule has 0 saturated carbocycles. The first-order chi connectivity index (χ1) is 8.68. The van der Waals surface area contributed by atoms with Gasteiger partial charge in [0, 0.05) is 17.1 Å². The second-order valence-electron chi connectivity index (χ2n) is 5.26. The van der Waals surface area contributed by atoms with E-state index in [2.05, 4.69) is 36.3 Å². The van der Waals surface area contributed by atoms with Gasteiger partial charge in [-0.2, -0.15) is 0 Å². The van der Waals surface area contributed by atoms with Crippen LogP contribution >= 0.6 is 11.6 Å². The van der Waals surface area contributed by atoms with E-state index in [4.69, 9.17) is 11.6 Å². The second-order valence-corrected chi connectivity index (χ2v) is 5.67. The third-order valence-corrected chi connectivity index (χ3v) is 4.35. The average Bonchev–Trinajstić information content (AvgIpc) is 2.89. The van der Waals surface area contributed by atoms with Crippen LogP contribution in [-0.4, -0.2) is 31.1 Å². The molecule has 0 bridgehead atoms. The summed E-state index contributed by atoms with van der Waals surface area (Å²) in [6.07, 6.45) is 3.88. The van der Waals surface area contributed by atoms with Gasteiger partial charge in [0.15, 0.2) is 0 Å². The Kier molecular flexibility index (Phi) is 5.04. The minimum atomic E-state index is 0.375. The van der Waals surface area contributed by atoms with Crippen LogP contribution < -0.4 is 5.32 Å². The lowest BCUT2D eigenvalue weighted by atomic mass is 10.1. The molecule has 0 aromatic heterocycles. The Bertz CT molecular complexity index is 375. The molecule has 1 aromatic carbocycles. The monoisotopic (exact) mass is 266 g/mol. The Morgan fingerprint density at radius 1 is 1.44 bits per heavy atom. The molecular formula is C15H23ClN2. The Hall–Kier alpha value is -0.570. The zero-order chi connectivity index (χ0) is 13.0. The van der Waals surface area contributed by atoms with Gasteiger partial charge in [-0.15, -0.1) is 0 Å². The van der Waals surface area contributed by atoms with Gasteiger partial charge in [-0.05, 0) is 58.0 Å². The summed E-state index contributed by atoms with van der Waals surface area (Å²) < 4.78 is 0. The normalized spacial score (nSPS) is 21.4. The number of nitrogens with zero attached hydrogens (tertiary/aromatic N) is 1. The maximum Gasteiger partial charge on any atom is 0.0453 e. The van der Waals surface area contributed by atoms with Crippen LogP contribution in [0.5, 0.6) is 0 Å². The topological polar surface area (TPSA) is 15.3 Å². The predicted molar refractivity (Wildman–Crippen MR) is 78.1 cm³/mol. The maximum atomic E-state index is 6.25. The molecule has 1 aromatic rings. The number of nitrogens with one attached hydrogen (secondary N) is 1. The predicted octanol–water partition coefficient (Wildman–Crippen LogP) is 3.47. The molecule has 2 rings (SSSR count). The van der Waals surface area contributed by atoms with Gasteiger partial charge in [-0.25, -0.2) is 0 Å². The molecular weight excluding hydrogens is 244 g/mol. The first kappa shape index (κ1) is 13.9. The number of rotatable bonds is 5. The van der Waals surface area contributed by atoms with Crippen LogP contribution in [0.4, 0.5) is 0 Å². The largest absolute Gasteiger partial charge is 0.314 e. The van der Waals surface area contributed by atoms with E-state index in [0.717, 1.165) is 11.6 Å². The molecule has 1 N–H and O–H groups in total. The summed E-state index contributed by atoms with van der Waals surface area (Å²) in [5, 5.41) is 4.42. The second kappa shape index (κ2) is 6.55. The molecule has 1 saturated heterocycles. The van der Waals surface area contributed by atoms with Crippen LogP contribution in [0.2, 0.25) is 5.02 Å². The molecule has 1 aliphatic rings. The average molecular weight is 267 g/mol. The van der Waals surface area contributed by atoms with Crippen molar-refractivity contribution in [2.75, 3.05) is 20.1 Å². The summed E-state index contributed by atoms with van der Waals surface area (Å²) in [5.41, 5.74) is 1.22. The third kappa shape index (κ3) is 3.47. The molecule has 1 heterocycles. The molecule has 1 fully saturated rings. The van der Waals surface area contributed by atoms with Crippen LogP contribution in [0.15, 0.2) is 24.3 Å². The Labute approximate surface area is 115 Å². The van der Waals surface area contributed by atoms with E-state index >= 15 is 0 Å². The molecule has 100 valence electrons. The minimum Gasteiger partial charge on any atom is -0.314 e.